The number of carbonyl (C=O) groups is 1. The fraction of sp³-hybridized carbons (Fsp3) is 0.300. The van der Waals surface area contributed by atoms with Crippen LogP contribution in [0.25, 0.3) is 0 Å². The molecule has 0 aromatic heterocycles. The minimum Gasteiger partial charge on any atom is -0.281 e. The van der Waals surface area contributed by atoms with E-state index in [0.29, 0.717) is 12.8 Å². The van der Waals surface area contributed by atoms with Crippen LogP contribution in [-0.4, -0.2) is 5.24 Å². The first-order chi connectivity index (χ1) is 6.11. The summed E-state index contributed by atoms with van der Waals surface area (Å²) < 4.78 is 1.08. The van der Waals surface area contributed by atoms with Gasteiger partial charge in [0.05, 0.1) is 0 Å². The molecule has 1 aromatic rings. The van der Waals surface area contributed by atoms with Crippen LogP contribution in [0.2, 0.25) is 0 Å². The number of halogens is 2. The summed E-state index contributed by atoms with van der Waals surface area (Å²) in [4.78, 5) is 10.6. The van der Waals surface area contributed by atoms with Gasteiger partial charge in [-0.05, 0) is 42.1 Å². The molecule has 0 atom stereocenters. The van der Waals surface area contributed by atoms with E-state index < -0.39 is 0 Å². The van der Waals surface area contributed by atoms with Gasteiger partial charge in [0.1, 0.15) is 0 Å². The molecule has 0 radical (unpaired) electrons. The fourth-order valence-electron chi connectivity index (χ4n) is 1.16. The molecule has 0 aliphatic carbocycles. The zero-order chi connectivity index (χ0) is 9.84. The molecule has 0 bridgehead atoms. The highest BCUT2D eigenvalue weighted by molar-refractivity contribution is 9.10. The van der Waals surface area contributed by atoms with Gasteiger partial charge in [-0.1, -0.05) is 28.1 Å². The first kappa shape index (κ1) is 10.7. The van der Waals surface area contributed by atoms with Crippen molar-refractivity contribution in [2.45, 2.75) is 19.8 Å². The Balaban J connectivity index is 2.77. The van der Waals surface area contributed by atoms with Gasteiger partial charge in [0.25, 0.3) is 0 Å². The molecule has 1 aromatic carbocycles. The normalized spacial score (nSPS) is 10.1. The highest BCUT2D eigenvalue weighted by atomic mass is 79.9. The van der Waals surface area contributed by atoms with Crippen molar-refractivity contribution in [3.63, 3.8) is 0 Å². The minimum atomic E-state index is -0.278. The lowest BCUT2D eigenvalue weighted by Crippen LogP contribution is -1.94. The van der Waals surface area contributed by atoms with Crippen LogP contribution in [0.5, 0.6) is 0 Å². The van der Waals surface area contributed by atoms with Crippen molar-refractivity contribution >= 4 is 32.8 Å². The van der Waals surface area contributed by atoms with Crippen molar-refractivity contribution in [1.82, 2.24) is 0 Å². The van der Waals surface area contributed by atoms with Crippen LogP contribution < -0.4 is 0 Å². The molecule has 0 saturated heterocycles. The number of hydrogen-bond acceptors (Lipinski definition) is 1. The molecule has 1 rings (SSSR count). The van der Waals surface area contributed by atoms with Crippen LogP contribution in [0.4, 0.5) is 0 Å². The summed E-state index contributed by atoms with van der Waals surface area (Å²) >= 11 is 8.70. The second-order valence-corrected chi connectivity index (χ2v) is 4.15. The molecule has 0 spiro atoms. The topological polar surface area (TPSA) is 17.1 Å². The Kier molecular flexibility index (Phi) is 3.94. The van der Waals surface area contributed by atoms with Gasteiger partial charge in [0.2, 0.25) is 5.24 Å². The summed E-state index contributed by atoms with van der Waals surface area (Å²) in [6, 6.07) is 5.96. The number of rotatable bonds is 3. The molecule has 0 saturated carbocycles. The van der Waals surface area contributed by atoms with Crippen molar-refractivity contribution in [3.05, 3.63) is 33.8 Å². The Morgan fingerprint density at radius 3 is 2.85 bits per heavy atom. The lowest BCUT2D eigenvalue weighted by Gasteiger charge is -2.05. The Morgan fingerprint density at radius 1 is 1.54 bits per heavy atom. The smallest absolute Gasteiger partial charge is 0.221 e. The monoisotopic (exact) mass is 260 g/mol. The van der Waals surface area contributed by atoms with Crippen molar-refractivity contribution in [3.8, 4) is 0 Å². The molecule has 13 heavy (non-hydrogen) atoms. The summed E-state index contributed by atoms with van der Waals surface area (Å²) in [6.07, 6.45) is 1.12. The lowest BCUT2D eigenvalue weighted by atomic mass is 10.0. The minimum absolute atomic E-state index is 0.278. The molecule has 0 aliphatic heterocycles. The first-order valence-electron chi connectivity index (χ1n) is 4.03. The van der Waals surface area contributed by atoms with Crippen LogP contribution in [0.15, 0.2) is 22.7 Å². The van der Waals surface area contributed by atoms with Gasteiger partial charge < -0.3 is 0 Å². The quantitative estimate of drug-likeness (QED) is 0.762. The molecule has 0 fully saturated rings. The van der Waals surface area contributed by atoms with E-state index >= 15 is 0 Å². The third kappa shape index (κ3) is 3.12. The van der Waals surface area contributed by atoms with Crippen LogP contribution in [-0.2, 0) is 11.2 Å². The van der Waals surface area contributed by atoms with Gasteiger partial charge in [-0.25, -0.2) is 0 Å². The molecule has 0 aliphatic rings. The van der Waals surface area contributed by atoms with E-state index in [1.54, 1.807) is 0 Å². The van der Waals surface area contributed by atoms with Gasteiger partial charge in [-0.3, -0.25) is 4.79 Å². The number of aryl methyl sites for hydroxylation is 1. The molecule has 70 valence electrons. The summed E-state index contributed by atoms with van der Waals surface area (Å²) in [5.41, 5.74) is 2.35. The third-order valence-corrected chi connectivity index (χ3v) is 3.02. The summed E-state index contributed by atoms with van der Waals surface area (Å²) in [5.74, 6) is 0. The van der Waals surface area contributed by atoms with Crippen molar-refractivity contribution in [1.29, 1.82) is 0 Å². The van der Waals surface area contributed by atoms with E-state index in [2.05, 4.69) is 15.9 Å². The Morgan fingerprint density at radius 2 is 2.23 bits per heavy atom. The highest BCUT2D eigenvalue weighted by Crippen LogP contribution is 2.20. The second kappa shape index (κ2) is 4.77. The Labute approximate surface area is 91.2 Å². The van der Waals surface area contributed by atoms with E-state index in [-0.39, 0.29) is 5.24 Å². The van der Waals surface area contributed by atoms with Crippen LogP contribution in [0.3, 0.4) is 0 Å². The standard InChI is InChI=1S/C10H10BrClO/c1-7-8(5-6-10(12)13)3-2-4-9(7)11/h2-4H,5-6H2,1H3. The van der Waals surface area contributed by atoms with Gasteiger partial charge in [-0.15, -0.1) is 0 Å². The largest absolute Gasteiger partial charge is 0.281 e. The Bertz CT molecular complexity index is 323. The zero-order valence-electron chi connectivity index (χ0n) is 7.31. The third-order valence-electron chi connectivity index (χ3n) is 1.97. The Hall–Kier alpha value is -0.340. The predicted molar refractivity (Wildman–Crippen MR) is 58.1 cm³/mol. The number of carbonyl (C=O) groups excluding carboxylic acids is 1. The highest BCUT2D eigenvalue weighted by Gasteiger charge is 2.03. The van der Waals surface area contributed by atoms with E-state index in [0.717, 1.165) is 4.47 Å². The van der Waals surface area contributed by atoms with Gasteiger partial charge in [-0.2, -0.15) is 0 Å². The first-order valence-corrected chi connectivity index (χ1v) is 5.20. The molecule has 0 N–H and O–H groups in total. The average molecular weight is 262 g/mol. The number of hydrogen-bond donors (Lipinski definition) is 0. The van der Waals surface area contributed by atoms with Crippen LogP contribution in [0.1, 0.15) is 17.5 Å². The molecule has 0 amide bonds. The van der Waals surface area contributed by atoms with Gasteiger partial charge >= 0.3 is 0 Å². The average Bonchev–Trinajstić information content (AvgIpc) is 2.07. The molecular weight excluding hydrogens is 251 g/mol. The zero-order valence-corrected chi connectivity index (χ0v) is 9.65. The summed E-state index contributed by atoms with van der Waals surface area (Å²) in [6.45, 7) is 2.03. The van der Waals surface area contributed by atoms with Crippen LogP contribution in [0, 0.1) is 6.92 Å². The molecule has 3 heteroatoms. The van der Waals surface area contributed by atoms with E-state index in [1.165, 1.54) is 11.1 Å². The number of benzene rings is 1. The molecule has 0 heterocycles. The molecule has 0 unspecified atom stereocenters. The summed E-state index contributed by atoms with van der Waals surface area (Å²) in [7, 11) is 0. The van der Waals surface area contributed by atoms with Crippen molar-refractivity contribution in [2.75, 3.05) is 0 Å². The maximum absolute atomic E-state index is 10.6. The van der Waals surface area contributed by atoms with E-state index in [9.17, 15) is 4.79 Å². The second-order valence-electron chi connectivity index (χ2n) is 2.88. The maximum Gasteiger partial charge on any atom is 0.221 e. The fourth-order valence-corrected chi connectivity index (χ4v) is 1.66. The lowest BCUT2D eigenvalue weighted by molar-refractivity contribution is -0.111. The van der Waals surface area contributed by atoms with E-state index in [4.69, 9.17) is 11.6 Å². The van der Waals surface area contributed by atoms with Crippen molar-refractivity contribution < 1.29 is 4.79 Å². The van der Waals surface area contributed by atoms with Crippen molar-refractivity contribution in [2.24, 2.45) is 0 Å². The van der Waals surface area contributed by atoms with Gasteiger partial charge in [0.15, 0.2) is 0 Å². The maximum atomic E-state index is 10.6. The molecular formula is C10H10BrClO. The predicted octanol–water partition coefficient (Wildman–Crippen LogP) is 3.46. The van der Waals surface area contributed by atoms with E-state index in [1.807, 2.05) is 25.1 Å². The summed E-state index contributed by atoms with van der Waals surface area (Å²) in [5, 5.41) is -0.278. The van der Waals surface area contributed by atoms with Gasteiger partial charge in [0, 0.05) is 10.9 Å². The SMILES string of the molecule is Cc1c(Br)cccc1CCC(=O)Cl. The van der Waals surface area contributed by atoms with Crippen LogP contribution >= 0.6 is 27.5 Å². The molecule has 1 nitrogen and oxygen atoms in total.